The molecule has 0 aromatic carbocycles. The lowest BCUT2D eigenvalue weighted by molar-refractivity contribution is 0.431. The maximum atomic E-state index is 5.61. The van der Waals surface area contributed by atoms with Gasteiger partial charge in [-0.2, -0.15) is 0 Å². The lowest BCUT2D eigenvalue weighted by Gasteiger charge is -2.00. The van der Waals surface area contributed by atoms with Crippen LogP contribution in [-0.4, -0.2) is 9.97 Å². The number of nitrogen functional groups attached to an aromatic ring is 1. The van der Waals surface area contributed by atoms with Crippen LogP contribution in [0.4, 0.5) is 5.69 Å². The molecule has 2 aromatic heterocycles. The molecule has 0 amide bonds. The van der Waals surface area contributed by atoms with Crippen LogP contribution >= 0.6 is 27.7 Å². The highest BCUT2D eigenvalue weighted by Crippen LogP contribution is 2.32. The lowest BCUT2D eigenvalue weighted by atomic mass is 10.4. The third-order valence-electron chi connectivity index (χ3n) is 2.02. The van der Waals surface area contributed by atoms with Crippen LogP contribution in [0.3, 0.4) is 0 Å². The number of hydrogen-bond donors (Lipinski definition) is 1. The summed E-state index contributed by atoms with van der Waals surface area (Å²) in [5, 5.41) is 1.38. The molecule has 0 aliphatic carbocycles. The first-order valence-corrected chi connectivity index (χ1v) is 6.20. The highest BCUT2D eigenvalue weighted by molar-refractivity contribution is 9.10. The van der Waals surface area contributed by atoms with Gasteiger partial charge in [0, 0.05) is 0 Å². The molecule has 0 bridgehead atoms. The van der Waals surface area contributed by atoms with Gasteiger partial charge in [0.05, 0.1) is 22.1 Å². The molecular weight excluding hydrogens is 290 g/mol. The third-order valence-corrected chi connectivity index (χ3v) is 3.76. The molecule has 0 unspecified atom stereocenters. The molecule has 2 rings (SSSR count). The lowest BCUT2D eigenvalue weighted by Crippen LogP contribution is -1.88. The van der Waals surface area contributed by atoms with Crippen molar-refractivity contribution in [2.75, 3.05) is 5.73 Å². The fourth-order valence-electron chi connectivity index (χ4n) is 1.08. The first kappa shape index (κ1) is 11.5. The van der Waals surface area contributed by atoms with Gasteiger partial charge in [0.2, 0.25) is 0 Å². The number of nitrogens with two attached hydrogens (primary N) is 1. The predicted octanol–water partition coefficient (Wildman–Crippen LogP) is 3.18. The molecule has 84 valence electrons. The van der Waals surface area contributed by atoms with Gasteiger partial charge in [-0.3, -0.25) is 0 Å². The number of hydrogen-bond acceptors (Lipinski definition) is 5. The van der Waals surface area contributed by atoms with Gasteiger partial charge in [0.15, 0.2) is 0 Å². The van der Waals surface area contributed by atoms with Crippen molar-refractivity contribution in [2.24, 2.45) is 0 Å². The minimum Gasteiger partial charge on any atom is -0.436 e. The van der Waals surface area contributed by atoms with Gasteiger partial charge in [-0.1, -0.05) is 0 Å². The van der Waals surface area contributed by atoms with Crippen molar-refractivity contribution in [3.63, 3.8) is 0 Å². The summed E-state index contributed by atoms with van der Waals surface area (Å²) >= 11 is 4.76. The number of anilines is 1. The zero-order chi connectivity index (χ0) is 11.7. The minimum absolute atomic E-state index is 0.591. The average molecular weight is 300 g/mol. The van der Waals surface area contributed by atoms with Crippen LogP contribution in [0.1, 0.15) is 11.5 Å². The van der Waals surface area contributed by atoms with Gasteiger partial charge in [-0.25, -0.2) is 9.97 Å². The summed E-state index contributed by atoms with van der Waals surface area (Å²) in [5.41, 5.74) is 7.13. The molecule has 0 aliphatic heterocycles. The van der Waals surface area contributed by atoms with Crippen LogP contribution in [0.25, 0.3) is 0 Å². The van der Waals surface area contributed by atoms with Gasteiger partial charge in [-0.05, 0) is 47.6 Å². The van der Waals surface area contributed by atoms with Crippen molar-refractivity contribution in [1.29, 1.82) is 0 Å². The van der Waals surface area contributed by atoms with Crippen molar-refractivity contribution in [2.45, 2.75) is 24.1 Å². The van der Waals surface area contributed by atoms with Crippen molar-refractivity contribution < 1.29 is 4.42 Å². The summed E-state index contributed by atoms with van der Waals surface area (Å²) in [6.45, 7) is 3.80. The van der Waals surface area contributed by atoms with E-state index in [0.717, 1.165) is 21.0 Å². The predicted molar refractivity (Wildman–Crippen MR) is 66.4 cm³/mol. The Hall–Kier alpha value is -1.01. The van der Waals surface area contributed by atoms with E-state index in [2.05, 4.69) is 25.9 Å². The number of halogens is 1. The van der Waals surface area contributed by atoms with Crippen LogP contribution < -0.4 is 5.73 Å². The molecule has 2 aromatic rings. The van der Waals surface area contributed by atoms with Gasteiger partial charge < -0.3 is 10.2 Å². The van der Waals surface area contributed by atoms with E-state index in [1.807, 2.05) is 13.8 Å². The molecule has 4 nitrogen and oxygen atoms in total. The molecule has 0 fully saturated rings. The Morgan fingerprint density at radius 3 is 2.75 bits per heavy atom. The van der Waals surface area contributed by atoms with E-state index in [4.69, 9.17) is 10.2 Å². The van der Waals surface area contributed by atoms with E-state index in [0.29, 0.717) is 10.9 Å². The highest BCUT2D eigenvalue weighted by atomic mass is 79.9. The molecular formula is C10H10BrN3OS. The molecule has 0 atom stereocenters. The number of nitrogens with zero attached hydrogens (tertiary/aromatic N) is 2. The number of rotatable bonds is 2. The van der Waals surface area contributed by atoms with Crippen molar-refractivity contribution in [3.8, 4) is 0 Å². The van der Waals surface area contributed by atoms with E-state index < -0.39 is 0 Å². The number of pyridine rings is 1. The zero-order valence-corrected chi connectivity index (χ0v) is 11.2. The Morgan fingerprint density at radius 2 is 2.19 bits per heavy atom. The largest absolute Gasteiger partial charge is 0.436 e. The van der Waals surface area contributed by atoms with Gasteiger partial charge in [0.1, 0.15) is 10.8 Å². The SMILES string of the molecule is Cc1nc(Sc2ncc(N)cc2Br)oc1C. The van der Waals surface area contributed by atoms with Crippen molar-refractivity contribution in [1.82, 2.24) is 9.97 Å². The van der Waals surface area contributed by atoms with Crippen molar-refractivity contribution in [3.05, 3.63) is 28.2 Å². The summed E-state index contributed by atoms with van der Waals surface area (Å²) in [4.78, 5) is 8.48. The maximum absolute atomic E-state index is 5.61. The second kappa shape index (κ2) is 4.47. The van der Waals surface area contributed by atoms with Crippen molar-refractivity contribution >= 4 is 33.4 Å². The maximum Gasteiger partial charge on any atom is 0.262 e. The van der Waals surface area contributed by atoms with Crippen LogP contribution in [0, 0.1) is 13.8 Å². The number of aromatic nitrogens is 2. The fourth-order valence-corrected chi connectivity index (χ4v) is 2.47. The molecule has 0 spiro atoms. The molecule has 6 heteroatoms. The van der Waals surface area contributed by atoms with Gasteiger partial charge in [-0.15, -0.1) is 0 Å². The van der Waals surface area contributed by atoms with Crippen LogP contribution in [0.5, 0.6) is 0 Å². The van der Waals surface area contributed by atoms with Crippen LogP contribution in [-0.2, 0) is 0 Å². The number of aryl methyl sites for hydroxylation is 2. The van der Waals surface area contributed by atoms with Crippen LogP contribution in [0.15, 0.2) is 31.4 Å². The molecule has 0 saturated carbocycles. The molecule has 0 aliphatic rings. The Balaban J connectivity index is 2.27. The summed E-state index contributed by atoms with van der Waals surface area (Å²) in [5.74, 6) is 0.828. The molecule has 2 N–H and O–H groups in total. The zero-order valence-electron chi connectivity index (χ0n) is 8.82. The number of oxazole rings is 1. The normalized spacial score (nSPS) is 10.7. The summed E-state index contributed by atoms with van der Waals surface area (Å²) in [6.07, 6.45) is 1.61. The van der Waals surface area contributed by atoms with Gasteiger partial charge >= 0.3 is 0 Å². The van der Waals surface area contributed by atoms with Crippen LogP contribution in [0.2, 0.25) is 0 Å². The summed E-state index contributed by atoms with van der Waals surface area (Å²) in [7, 11) is 0. The van der Waals surface area contributed by atoms with E-state index in [9.17, 15) is 0 Å². The monoisotopic (exact) mass is 299 g/mol. The van der Waals surface area contributed by atoms with E-state index >= 15 is 0 Å². The molecule has 0 saturated heterocycles. The third kappa shape index (κ3) is 2.38. The fraction of sp³-hybridized carbons (Fsp3) is 0.200. The highest BCUT2D eigenvalue weighted by Gasteiger charge is 2.10. The Bertz CT molecular complexity index is 507. The molecule has 0 radical (unpaired) electrons. The Kier molecular flexibility index (Phi) is 3.20. The standard InChI is InChI=1S/C10H10BrN3OS/c1-5-6(2)15-10(14-5)16-9-8(11)3-7(12)4-13-9/h3-4H,12H2,1-2H3. The topological polar surface area (TPSA) is 64.9 Å². The van der Waals surface area contributed by atoms with E-state index in [-0.39, 0.29) is 0 Å². The molecule has 2 heterocycles. The summed E-state index contributed by atoms with van der Waals surface area (Å²) < 4.78 is 6.30. The van der Waals surface area contributed by atoms with E-state index in [1.54, 1.807) is 12.3 Å². The van der Waals surface area contributed by atoms with E-state index in [1.165, 1.54) is 11.8 Å². The first-order valence-electron chi connectivity index (χ1n) is 4.59. The smallest absolute Gasteiger partial charge is 0.262 e. The molecule has 16 heavy (non-hydrogen) atoms. The quantitative estimate of drug-likeness (QED) is 0.922. The first-order chi connectivity index (χ1) is 7.56. The second-order valence-electron chi connectivity index (χ2n) is 3.28. The Morgan fingerprint density at radius 1 is 1.44 bits per heavy atom. The second-order valence-corrected chi connectivity index (χ2v) is 5.07. The average Bonchev–Trinajstić information content (AvgIpc) is 2.51. The Labute approximate surface area is 106 Å². The summed E-state index contributed by atoms with van der Waals surface area (Å²) in [6, 6.07) is 1.80. The van der Waals surface area contributed by atoms with Gasteiger partial charge in [0.25, 0.3) is 5.22 Å². The minimum atomic E-state index is 0.591.